The van der Waals surface area contributed by atoms with Gasteiger partial charge in [-0.2, -0.15) is 13.8 Å². The topological polar surface area (TPSA) is 202 Å². The van der Waals surface area contributed by atoms with Crippen LogP contribution < -0.4 is 31.4 Å². The Morgan fingerprint density at radius 2 is 1.79 bits per heavy atom. The number of hydrogen-bond donors (Lipinski definition) is 6. The maximum atomic E-state index is 15.6. The highest BCUT2D eigenvalue weighted by atomic mass is 19.1. The lowest BCUT2D eigenvalue weighted by molar-refractivity contribution is 0.189. The van der Waals surface area contributed by atoms with Gasteiger partial charge in [0, 0.05) is 24.6 Å². The molecule has 1 atom stereocenters. The number of ether oxygens (including phenoxy) is 3. The predicted molar refractivity (Wildman–Crippen MR) is 139 cm³/mol. The first-order chi connectivity index (χ1) is 18.5. The second kappa shape index (κ2) is 11.1. The summed E-state index contributed by atoms with van der Waals surface area (Å²) in [5.74, 6) is -5.66. The van der Waals surface area contributed by atoms with Crippen molar-refractivity contribution in [2.75, 3.05) is 13.1 Å². The minimum absolute atomic E-state index is 0.0697. The molecule has 0 aliphatic carbocycles. The van der Waals surface area contributed by atoms with Crippen molar-refractivity contribution in [3.63, 3.8) is 0 Å². The summed E-state index contributed by atoms with van der Waals surface area (Å²) in [7, 11) is 0. The maximum Gasteiger partial charge on any atom is 0.263 e. The summed E-state index contributed by atoms with van der Waals surface area (Å²) < 4.78 is 47.9. The van der Waals surface area contributed by atoms with Crippen LogP contribution in [0.5, 0.6) is 34.8 Å². The van der Waals surface area contributed by atoms with Crippen LogP contribution in [0, 0.1) is 22.5 Å². The average Bonchev–Trinajstić information content (AvgIpc) is 3.35. The first kappa shape index (κ1) is 26.9. The van der Waals surface area contributed by atoms with E-state index in [9.17, 15) is 5.11 Å². The van der Waals surface area contributed by atoms with Gasteiger partial charge in [0.1, 0.15) is 17.7 Å². The van der Waals surface area contributed by atoms with E-state index >= 15 is 8.78 Å². The van der Waals surface area contributed by atoms with Crippen molar-refractivity contribution in [3.8, 4) is 34.8 Å². The molecule has 0 bridgehead atoms. The first-order valence-electron chi connectivity index (χ1n) is 11.6. The number of phenols is 1. The molecule has 2 heterocycles. The number of nitrogens with zero attached hydrogens (tertiary/aromatic N) is 3. The number of amidine groups is 2. The first-order valence-corrected chi connectivity index (χ1v) is 11.6. The molecule has 4 rings (SSSR count). The van der Waals surface area contributed by atoms with Crippen LogP contribution in [0.2, 0.25) is 0 Å². The molecule has 39 heavy (non-hydrogen) atoms. The van der Waals surface area contributed by atoms with E-state index in [2.05, 4.69) is 9.98 Å². The van der Waals surface area contributed by atoms with E-state index < -0.39 is 41.0 Å². The van der Waals surface area contributed by atoms with Gasteiger partial charge in [-0.1, -0.05) is 6.07 Å². The number of benzene rings is 2. The van der Waals surface area contributed by atoms with Gasteiger partial charge >= 0.3 is 0 Å². The Hall–Kier alpha value is -5.14. The van der Waals surface area contributed by atoms with Gasteiger partial charge in [0.25, 0.3) is 11.8 Å². The highest BCUT2D eigenvalue weighted by Gasteiger charge is 2.31. The van der Waals surface area contributed by atoms with Crippen LogP contribution in [0.15, 0.2) is 47.5 Å². The Morgan fingerprint density at radius 3 is 2.44 bits per heavy atom. The van der Waals surface area contributed by atoms with Gasteiger partial charge in [0.15, 0.2) is 17.5 Å². The summed E-state index contributed by atoms with van der Waals surface area (Å²) in [4.78, 5) is 9.45. The third-order valence-electron chi connectivity index (χ3n) is 5.65. The van der Waals surface area contributed by atoms with Gasteiger partial charge in [-0.15, -0.1) is 0 Å². The fourth-order valence-corrected chi connectivity index (χ4v) is 3.76. The van der Waals surface area contributed by atoms with Crippen molar-refractivity contribution in [1.82, 2.24) is 9.88 Å². The normalized spacial score (nSPS) is 14.5. The number of hydrogen-bond acceptors (Lipinski definition) is 8. The number of likely N-dealkylation sites (tertiary alicyclic amines) is 1. The fraction of sp³-hybridized carbons (Fsp3) is 0.200. The summed E-state index contributed by atoms with van der Waals surface area (Å²) in [5.41, 5.74) is 16.8. The van der Waals surface area contributed by atoms with E-state index in [1.54, 1.807) is 24.0 Å². The molecule has 1 aliphatic rings. The maximum absolute atomic E-state index is 15.6. The number of aromatic nitrogens is 1. The quantitative estimate of drug-likeness (QED) is 0.183. The molecule has 0 radical (unpaired) electrons. The molecule has 9 N–H and O–H groups in total. The van der Waals surface area contributed by atoms with Crippen molar-refractivity contribution in [3.05, 3.63) is 59.7 Å². The van der Waals surface area contributed by atoms with Crippen LogP contribution >= 0.6 is 0 Å². The lowest BCUT2D eigenvalue weighted by Crippen LogP contribution is -2.28. The van der Waals surface area contributed by atoms with Gasteiger partial charge in [-0.25, -0.2) is 4.99 Å². The number of aliphatic imine (C=N–C) groups is 1. The zero-order chi connectivity index (χ0) is 28.3. The lowest BCUT2D eigenvalue weighted by atomic mass is 10.2. The molecule has 204 valence electrons. The van der Waals surface area contributed by atoms with Crippen LogP contribution in [0.25, 0.3) is 0 Å². The fourth-order valence-electron chi connectivity index (χ4n) is 3.76. The highest BCUT2D eigenvalue weighted by Crippen LogP contribution is 2.40. The van der Waals surface area contributed by atoms with Crippen LogP contribution in [0.3, 0.4) is 0 Å². The number of nitrogen functional groups attached to an aromatic ring is 1. The number of phenolic OH excluding ortho intramolecular Hbond substituents is 1. The minimum atomic E-state index is -1.29. The Bertz CT molecular complexity index is 1460. The molecule has 1 fully saturated rings. The molecule has 0 amide bonds. The van der Waals surface area contributed by atoms with E-state index in [0.717, 1.165) is 0 Å². The SMILES string of the molecule is CC(=N)N1CCC(Oc2c(F)c(Oc3cccc(N=C(N)N)c3)nc(Oc3cc(C(=N)N)ccc3O)c2F)C1. The smallest absolute Gasteiger partial charge is 0.263 e. The zero-order valence-corrected chi connectivity index (χ0v) is 20.7. The Morgan fingerprint density at radius 1 is 1.08 bits per heavy atom. The number of nitrogens with one attached hydrogen (secondary N) is 2. The third-order valence-corrected chi connectivity index (χ3v) is 5.65. The van der Waals surface area contributed by atoms with Gasteiger partial charge in [-0.3, -0.25) is 10.8 Å². The van der Waals surface area contributed by atoms with E-state index in [4.69, 9.17) is 42.2 Å². The van der Waals surface area contributed by atoms with Crippen LogP contribution in [0.4, 0.5) is 14.5 Å². The van der Waals surface area contributed by atoms with Crippen molar-refractivity contribution in [2.24, 2.45) is 22.2 Å². The van der Waals surface area contributed by atoms with E-state index in [1.807, 2.05) is 0 Å². The van der Waals surface area contributed by atoms with Crippen LogP contribution in [-0.4, -0.2) is 51.8 Å². The Labute approximate surface area is 221 Å². The number of halogens is 2. The molecule has 1 saturated heterocycles. The van der Waals surface area contributed by atoms with E-state index in [0.29, 0.717) is 24.5 Å². The second-order valence-electron chi connectivity index (χ2n) is 8.57. The summed E-state index contributed by atoms with van der Waals surface area (Å²) in [5, 5.41) is 25.6. The number of aromatic hydroxyl groups is 1. The molecule has 2 aromatic carbocycles. The van der Waals surface area contributed by atoms with Crippen molar-refractivity contribution < 1.29 is 28.1 Å². The largest absolute Gasteiger partial charge is 0.504 e. The van der Waals surface area contributed by atoms with E-state index in [1.165, 1.54) is 30.3 Å². The summed E-state index contributed by atoms with van der Waals surface area (Å²) in [6.07, 6.45) is -0.233. The summed E-state index contributed by atoms with van der Waals surface area (Å²) >= 11 is 0. The van der Waals surface area contributed by atoms with Crippen molar-refractivity contribution >= 4 is 23.3 Å². The second-order valence-corrected chi connectivity index (χ2v) is 8.57. The number of nitrogens with two attached hydrogens (primary N) is 3. The summed E-state index contributed by atoms with van der Waals surface area (Å²) in [6.45, 7) is 2.32. The molecular weight excluding hydrogens is 514 g/mol. The average molecular weight is 541 g/mol. The van der Waals surface area contributed by atoms with Gasteiger partial charge in [-0.05, 0) is 37.3 Å². The van der Waals surface area contributed by atoms with Gasteiger partial charge < -0.3 is 41.4 Å². The Kier molecular flexibility index (Phi) is 7.65. The molecule has 0 saturated carbocycles. The molecular formula is C25H26F2N8O4. The van der Waals surface area contributed by atoms with Crippen LogP contribution in [-0.2, 0) is 0 Å². The van der Waals surface area contributed by atoms with Gasteiger partial charge in [0.05, 0.1) is 18.1 Å². The van der Waals surface area contributed by atoms with Crippen molar-refractivity contribution in [1.29, 1.82) is 10.8 Å². The molecule has 1 unspecified atom stereocenters. The number of pyridine rings is 1. The minimum Gasteiger partial charge on any atom is -0.504 e. The van der Waals surface area contributed by atoms with Gasteiger partial charge in [0.2, 0.25) is 17.4 Å². The third kappa shape index (κ3) is 6.23. The predicted octanol–water partition coefficient (Wildman–Crippen LogP) is 3.29. The van der Waals surface area contributed by atoms with Crippen molar-refractivity contribution in [2.45, 2.75) is 19.4 Å². The van der Waals surface area contributed by atoms with Crippen LogP contribution in [0.1, 0.15) is 18.9 Å². The lowest BCUT2D eigenvalue weighted by Gasteiger charge is -2.19. The Balaban J connectivity index is 1.75. The summed E-state index contributed by atoms with van der Waals surface area (Å²) in [6, 6.07) is 9.75. The molecule has 12 nitrogen and oxygen atoms in total. The monoisotopic (exact) mass is 540 g/mol. The zero-order valence-electron chi connectivity index (χ0n) is 20.7. The molecule has 14 heteroatoms. The molecule has 3 aromatic rings. The molecule has 1 aromatic heterocycles. The van der Waals surface area contributed by atoms with E-state index in [-0.39, 0.29) is 35.4 Å². The molecule has 0 spiro atoms. The number of guanidine groups is 1. The highest BCUT2D eigenvalue weighted by molar-refractivity contribution is 5.95. The standard InChI is InChI=1S/C25H26F2N8O4/c1-12(28)35-8-7-16(11-35)37-21-19(26)23(38-15-4-2-3-14(10-15)33-25(31)32)34-24(20(21)27)39-18-9-13(22(29)30)5-6-17(18)36/h2-6,9-10,16,28,36H,7-8,11H2,1H3,(H3,29,30)(H4,31,32,33). The number of rotatable bonds is 8. The molecule has 1 aliphatic heterocycles.